The third kappa shape index (κ3) is 2.88. The summed E-state index contributed by atoms with van der Waals surface area (Å²) < 4.78 is 25.9. The highest BCUT2D eigenvalue weighted by atomic mass is 19.3. The Morgan fingerprint density at radius 1 is 1.25 bits per heavy atom. The Bertz CT molecular complexity index is 162. The van der Waals surface area contributed by atoms with Gasteiger partial charge < -0.3 is 0 Å². The van der Waals surface area contributed by atoms with E-state index in [1.807, 2.05) is 0 Å². The fourth-order valence-electron chi connectivity index (χ4n) is 0.829. The molecule has 0 aromatic carbocycles. The minimum atomic E-state index is -3.15. The van der Waals surface area contributed by atoms with E-state index in [0.29, 0.717) is 0 Å². The molecule has 0 rings (SSSR count). The first-order valence-electron chi connectivity index (χ1n) is 4.19. The van der Waals surface area contributed by atoms with Crippen molar-refractivity contribution in [3.63, 3.8) is 0 Å². The lowest BCUT2D eigenvalue weighted by Crippen LogP contribution is -2.35. The molecule has 0 N–H and O–H groups in total. The van der Waals surface area contributed by atoms with E-state index >= 15 is 0 Å². The predicted molar refractivity (Wildman–Crippen MR) is 44.2 cm³/mol. The molecular formula is C9H16F2O. The van der Waals surface area contributed by atoms with Crippen LogP contribution in [0.25, 0.3) is 0 Å². The number of Topliss-reactive ketones (excluding diaryl/α,β-unsaturated/α-hetero) is 1. The summed E-state index contributed by atoms with van der Waals surface area (Å²) in [6.45, 7) is 6.24. The number of carbonyl (C=O) groups is 1. The lowest BCUT2D eigenvalue weighted by Gasteiger charge is -2.19. The van der Waals surface area contributed by atoms with Gasteiger partial charge in [0.2, 0.25) is 5.78 Å². The van der Waals surface area contributed by atoms with Gasteiger partial charge in [0, 0.05) is 12.3 Å². The minimum absolute atomic E-state index is 0.00197. The second kappa shape index (κ2) is 3.97. The molecule has 3 heteroatoms. The summed E-state index contributed by atoms with van der Waals surface area (Å²) in [5, 5.41) is 0. The van der Waals surface area contributed by atoms with Crippen molar-refractivity contribution in [3.05, 3.63) is 0 Å². The molecule has 0 bridgehead atoms. The van der Waals surface area contributed by atoms with Crippen molar-refractivity contribution >= 4 is 5.78 Å². The number of hydrogen-bond donors (Lipinski definition) is 0. The smallest absolute Gasteiger partial charge is 0.293 e. The molecule has 0 heterocycles. The summed E-state index contributed by atoms with van der Waals surface area (Å²) in [4.78, 5) is 11.0. The Hall–Kier alpha value is -0.470. The molecule has 0 amide bonds. The maximum absolute atomic E-state index is 13.0. The average Bonchev–Trinajstić information content (AvgIpc) is 1.85. The van der Waals surface area contributed by atoms with Gasteiger partial charge in [0.05, 0.1) is 0 Å². The standard InChI is InChI=1S/C9H16F2O/c1-6(2)5-8(12)9(10,11)7(3)4/h6-7H,5H2,1-4H3. The van der Waals surface area contributed by atoms with Crippen LogP contribution in [0.3, 0.4) is 0 Å². The molecule has 0 saturated carbocycles. The van der Waals surface area contributed by atoms with Crippen LogP contribution in [0.5, 0.6) is 0 Å². The Kier molecular flexibility index (Phi) is 3.81. The van der Waals surface area contributed by atoms with Gasteiger partial charge in [-0.2, -0.15) is 8.78 Å². The largest absolute Gasteiger partial charge is 0.307 e. The van der Waals surface area contributed by atoms with Gasteiger partial charge in [-0.25, -0.2) is 0 Å². The molecule has 0 atom stereocenters. The van der Waals surface area contributed by atoms with E-state index in [2.05, 4.69) is 0 Å². The normalized spacial score (nSPS) is 12.7. The summed E-state index contributed by atoms with van der Waals surface area (Å²) in [6, 6.07) is 0. The molecule has 0 fully saturated rings. The number of ketones is 1. The van der Waals surface area contributed by atoms with Crippen LogP contribution in [0.1, 0.15) is 34.1 Å². The highest BCUT2D eigenvalue weighted by Crippen LogP contribution is 2.27. The van der Waals surface area contributed by atoms with Crippen LogP contribution >= 0.6 is 0 Å². The first-order valence-corrected chi connectivity index (χ1v) is 4.19. The maximum atomic E-state index is 13.0. The number of halogens is 2. The van der Waals surface area contributed by atoms with Gasteiger partial charge in [-0.1, -0.05) is 27.7 Å². The van der Waals surface area contributed by atoms with Crippen LogP contribution in [-0.2, 0) is 4.79 Å². The molecule has 12 heavy (non-hydrogen) atoms. The van der Waals surface area contributed by atoms with Crippen molar-refractivity contribution in [1.82, 2.24) is 0 Å². The maximum Gasteiger partial charge on any atom is 0.307 e. The molecule has 0 aromatic heterocycles. The quantitative estimate of drug-likeness (QED) is 0.647. The molecule has 72 valence electrons. The van der Waals surface area contributed by atoms with Gasteiger partial charge in [0.15, 0.2) is 0 Å². The molecule has 0 saturated heterocycles. The van der Waals surface area contributed by atoms with Gasteiger partial charge in [0.1, 0.15) is 0 Å². The molecular weight excluding hydrogens is 162 g/mol. The van der Waals surface area contributed by atoms with Gasteiger partial charge in [0.25, 0.3) is 0 Å². The summed E-state index contributed by atoms with van der Waals surface area (Å²) in [5.41, 5.74) is 0. The van der Waals surface area contributed by atoms with Crippen LogP contribution in [0, 0.1) is 11.8 Å². The lowest BCUT2D eigenvalue weighted by molar-refractivity contribution is -0.150. The van der Waals surface area contributed by atoms with E-state index in [1.54, 1.807) is 13.8 Å². The van der Waals surface area contributed by atoms with Crippen LogP contribution in [-0.4, -0.2) is 11.7 Å². The third-order valence-electron chi connectivity index (χ3n) is 1.69. The SMILES string of the molecule is CC(C)CC(=O)C(F)(F)C(C)C. The molecule has 1 nitrogen and oxygen atoms in total. The monoisotopic (exact) mass is 178 g/mol. The average molecular weight is 178 g/mol. The molecule has 0 unspecified atom stereocenters. The molecule has 0 aliphatic heterocycles. The Balaban J connectivity index is 4.26. The zero-order valence-electron chi connectivity index (χ0n) is 8.03. The molecule has 0 aliphatic rings. The van der Waals surface area contributed by atoms with Crippen LogP contribution < -0.4 is 0 Å². The Morgan fingerprint density at radius 2 is 1.67 bits per heavy atom. The van der Waals surface area contributed by atoms with Gasteiger partial charge in [-0.3, -0.25) is 4.79 Å². The van der Waals surface area contributed by atoms with E-state index in [9.17, 15) is 13.6 Å². The third-order valence-corrected chi connectivity index (χ3v) is 1.69. The van der Waals surface area contributed by atoms with Crippen LogP contribution in [0.2, 0.25) is 0 Å². The molecule has 0 radical (unpaired) electrons. The van der Waals surface area contributed by atoms with Crippen molar-refractivity contribution in [1.29, 1.82) is 0 Å². The zero-order valence-corrected chi connectivity index (χ0v) is 8.03. The Morgan fingerprint density at radius 3 is 1.92 bits per heavy atom. The fourth-order valence-corrected chi connectivity index (χ4v) is 0.829. The summed E-state index contributed by atoms with van der Waals surface area (Å²) >= 11 is 0. The summed E-state index contributed by atoms with van der Waals surface area (Å²) in [7, 11) is 0. The van der Waals surface area contributed by atoms with Crippen LogP contribution in [0.4, 0.5) is 8.78 Å². The van der Waals surface area contributed by atoms with Crippen molar-refractivity contribution < 1.29 is 13.6 Å². The van der Waals surface area contributed by atoms with Gasteiger partial charge in [-0.05, 0) is 5.92 Å². The second-order valence-corrected chi connectivity index (χ2v) is 3.80. The second-order valence-electron chi connectivity index (χ2n) is 3.80. The highest BCUT2D eigenvalue weighted by Gasteiger charge is 2.41. The first-order chi connectivity index (χ1) is 5.28. The predicted octanol–water partition coefficient (Wildman–Crippen LogP) is 2.89. The van der Waals surface area contributed by atoms with Crippen molar-refractivity contribution in [2.24, 2.45) is 11.8 Å². The fraction of sp³-hybridized carbons (Fsp3) is 0.889. The van der Waals surface area contributed by atoms with Crippen molar-refractivity contribution in [2.45, 2.75) is 40.0 Å². The lowest BCUT2D eigenvalue weighted by atomic mass is 9.96. The van der Waals surface area contributed by atoms with E-state index in [4.69, 9.17) is 0 Å². The minimum Gasteiger partial charge on any atom is -0.293 e. The zero-order chi connectivity index (χ0) is 9.94. The van der Waals surface area contributed by atoms with E-state index < -0.39 is 17.6 Å². The molecule has 0 aliphatic carbocycles. The summed E-state index contributed by atoms with van der Waals surface area (Å²) in [6.07, 6.45) is -0.0365. The molecule has 0 spiro atoms. The highest BCUT2D eigenvalue weighted by molar-refractivity contribution is 5.85. The number of rotatable bonds is 4. The van der Waals surface area contributed by atoms with Crippen LogP contribution in [0.15, 0.2) is 0 Å². The van der Waals surface area contributed by atoms with Gasteiger partial charge >= 0.3 is 5.92 Å². The topological polar surface area (TPSA) is 17.1 Å². The van der Waals surface area contributed by atoms with Crippen molar-refractivity contribution in [3.8, 4) is 0 Å². The van der Waals surface area contributed by atoms with E-state index in [1.165, 1.54) is 13.8 Å². The van der Waals surface area contributed by atoms with E-state index in [0.717, 1.165) is 0 Å². The van der Waals surface area contributed by atoms with Gasteiger partial charge in [-0.15, -0.1) is 0 Å². The number of alkyl halides is 2. The van der Waals surface area contributed by atoms with E-state index in [-0.39, 0.29) is 12.3 Å². The Labute approximate surface area is 72.2 Å². The number of hydrogen-bond acceptors (Lipinski definition) is 1. The first kappa shape index (κ1) is 11.5. The van der Waals surface area contributed by atoms with Crippen molar-refractivity contribution in [2.75, 3.05) is 0 Å². The summed E-state index contributed by atoms with van der Waals surface area (Å²) in [5.74, 6) is -4.98. The number of carbonyl (C=O) groups excluding carboxylic acids is 1. The molecule has 0 aromatic rings.